The first-order valence-corrected chi connectivity index (χ1v) is 8.41. The average molecular weight is 320 g/mol. The Morgan fingerprint density at radius 3 is 2.83 bits per heavy atom. The van der Waals surface area contributed by atoms with Crippen molar-refractivity contribution in [1.82, 2.24) is 10.2 Å². The van der Waals surface area contributed by atoms with Gasteiger partial charge in [0, 0.05) is 19.1 Å². The Morgan fingerprint density at radius 2 is 2.09 bits per heavy atom. The lowest BCUT2D eigenvalue weighted by Gasteiger charge is -2.35. The second-order valence-corrected chi connectivity index (χ2v) is 6.01. The first-order chi connectivity index (χ1) is 11.1. The normalized spacial score (nSPS) is 17.8. The summed E-state index contributed by atoms with van der Waals surface area (Å²) in [6.07, 6.45) is 4.42. The fourth-order valence-corrected chi connectivity index (χ4v) is 3.09. The molecule has 0 spiro atoms. The van der Waals surface area contributed by atoms with Gasteiger partial charge in [0.15, 0.2) is 0 Å². The predicted octanol–water partition coefficient (Wildman–Crippen LogP) is 2.67. The van der Waals surface area contributed by atoms with Gasteiger partial charge in [0.1, 0.15) is 12.2 Å². The largest absolute Gasteiger partial charge is 0.355 e. The molecule has 2 rings (SSSR count). The smallest absolute Gasteiger partial charge is 0.232 e. The maximum atomic E-state index is 13.5. The van der Waals surface area contributed by atoms with Crippen LogP contribution in [0.3, 0.4) is 0 Å². The number of hydrogen-bond donors (Lipinski definition) is 1. The van der Waals surface area contributed by atoms with Gasteiger partial charge in [-0.3, -0.25) is 9.59 Å². The minimum Gasteiger partial charge on any atom is -0.355 e. The number of halogens is 1. The second kappa shape index (κ2) is 8.65. The highest BCUT2D eigenvalue weighted by molar-refractivity contribution is 5.97. The van der Waals surface area contributed by atoms with Crippen LogP contribution < -0.4 is 5.32 Å². The van der Waals surface area contributed by atoms with Crippen LogP contribution in [0.25, 0.3) is 0 Å². The van der Waals surface area contributed by atoms with Gasteiger partial charge in [0.25, 0.3) is 0 Å². The summed E-state index contributed by atoms with van der Waals surface area (Å²) in [5, 5.41) is 2.71. The van der Waals surface area contributed by atoms with Crippen LogP contribution in [-0.4, -0.2) is 35.8 Å². The van der Waals surface area contributed by atoms with Gasteiger partial charge in [0.05, 0.1) is 0 Å². The van der Waals surface area contributed by atoms with Crippen molar-refractivity contribution >= 4 is 11.8 Å². The lowest BCUT2D eigenvalue weighted by Crippen LogP contribution is -2.45. The van der Waals surface area contributed by atoms with Gasteiger partial charge >= 0.3 is 0 Å². The highest BCUT2D eigenvalue weighted by Gasteiger charge is 2.26. The second-order valence-electron chi connectivity index (χ2n) is 6.01. The van der Waals surface area contributed by atoms with Crippen molar-refractivity contribution in [3.8, 4) is 0 Å². The minimum atomic E-state index is -0.285. The van der Waals surface area contributed by atoms with Crippen LogP contribution >= 0.6 is 0 Å². The van der Waals surface area contributed by atoms with E-state index < -0.39 is 0 Å². The van der Waals surface area contributed by atoms with Gasteiger partial charge in [-0.15, -0.1) is 0 Å². The van der Waals surface area contributed by atoms with Gasteiger partial charge < -0.3 is 10.2 Å². The zero-order valence-electron chi connectivity index (χ0n) is 13.7. The van der Waals surface area contributed by atoms with Crippen molar-refractivity contribution < 1.29 is 14.0 Å². The summed E-state index contributed by atoms with van der Waals surface area (Å²) in [7, 11) is 0. The Bertz CT molecular complexity index is 548. The third-order valence-corrected chi connectivity index (χ3v) is 4.40. The fourth-order valence-electron chi connectivity index (χ4n) is 3.09. The Labute approximate surface area is 137 Å². The maximum Gasteiger partial charge on any atom is 0.232 e. The molecule has 0 aliphatic carbocycles. The molecular formula is C18H25FN2O2. The van der Waals surface area contributed by atoms with Gasteiger partial charge in [-0.2, -0.15) is 0 Å². The molecule has 1 aromatic carbocycles. The van der Waals surface area contributed by atoms with Gasteiger partial charge in [-0.1, -0.05) is 25.1 Å². The molecule has 1 aromatic rings. The van der Waals surface area contributed by atoms with Gasteiger partial charge in [-0.05, 0) is 43.7 Å². The van der Waals surface area contributed by atoms with Crippen LogP contribution in [0.5, 0.6) is 0 Å². The summed E-state index contributed by atoms with van der Waals surface area (Å²) in [6.45, 7) is 3.16. The van der Waals surface area contributed by atoms with E-state index in [1.165, 1.54) is 6.07 Å². The molecular weight excluding hydrogens is 295 g/mol. The zero-order valence-corrected chi connectivity index (χ0v) is 13.7. The van der Waals surface area contributed by atoms with E-state index in [2.05, 4.69) is 12.2 Å². The predicted molar refractivity (Wildman–Crippen MR) is 87.4 cm³/mol. The lowest BCUT2D eigenvalue weighted by atomic mass is 9.99. The molecule has 1 unspecified atom stereocenters. The van der Waals surface area contributed by atoms with E-state index in [9.17, 15) is 14.0 Å². The first kappa shape index (κ1) is 17.4. The van der Waals surface area contributed by atoms with E-state index >= 15 is 0 Å². The topological polar surface area (TPSA) is 49.4 Å². The van der Waals surface area contributed by atoms with Crippen LogP contribution in [0.2, 0.25) is 0 Å². The quantitative estimate of drug-likeness (QED) is 0.819. The number of amides is 2. The number of carbonyl (C=O) groups excluding carboxylic acids is 2. The SMILES string of the molecule is CCC1CCCCN1C(=O)CC(=O)NCCc1ccccc1F. The molecule has 0 bridgehead atoms. The highest BCUT2D eigenvalue weighted by atomic mass is 19.1. The maximum absolute atomic E-state index is 13.5. The Kier molecular flexibility index (Phi) is 6.56. The molecule has 1 heterocycles. The number of likely N-dealkylation sites (tertiary alicyclic amines) is 1. The summed E-state index contributed by atoms with van der Waals surface area (Å²) < 4.78 is 13.5. The highest BCUT2D eigenvalue weighted by Crippen LogP contribution is 2.20. The third kappa shape index (κ3) is 5.05. The number of nitrogens with one attached hydrogen (secondary N) is 1. The van der Waals surface area contributed by atoms with Crippen LogP contribution in [-0.2, 0) is 16.0 Å². The van der Waals surface area contributed by atoms with Crippen LogP contribution in [0, 0.1) is 5.82 Å². The van der Waals surface area contributed by atoms with Gasteiger partial charge in [0.2, 0.25) is 11.8 Å². The molecule has 1 N–H and O–H groups in total. The van der Waals surface area contributed by atoms with E-state index in [-0.39, 0.29) is 30.1 Å². The number of benzene rings is 1. The van der Waals surface area contributed by atoms with Crippen LogP contribution in [0.4, 0.5) is 4.39 Å². The Hall–Kier alpha value is -1.91. The van der Waals surface area contributed by atoms with Gasteiger partial charge in [-0.25, -0.2) is 4.39 Å². The monoisotopic (exact) mass is 320 g/mol. The molecule has 0 saturated carbocycles. The molecule has 5 heteroatoms. The third-order valence-electron chi connectivity index (χ3n) is 4.40. The molecule has 1 fully saturated rings. The Morgan fingerprint density at radius 1 is 1.30 bits per heavy atom. The van der Waals surface area contributed by atoms with Crippen molar-refractivity contribution in [1.29, 1.82) is 0 Å². The van der Waals surface area contributed by atoms with Crippen molar-refractivity contribution in [2.75, 3.05) is 13.1 Å². The molecule has 23 heavy (non-hydrogen) atoms. The number of rotatable bonds is 6. The van der Waals surface area contributed by atoms with Crippen LogP contribution in [0.1, 0.15) is 44.6 Å². The molecule has 1 atom stereocenters. The van der Waals surface area contributed by atoms with Crippen molar-refractivity contribution in [2.45, 2.75) is 51.5 Å². The molecule has 1 aliphatic heterocycles. The number of hydrogen-bond acceptors (Lipinski definition) is 2. The minimum absolute atomic E-state index is 0.0973. The summed E-state index contributed by atoms with van der Waals surface area (Å²) in [5.41, 5.74) is 0.571. The number of carbonyl (C=O) groups is 2. The molecule has 0 radical (unpaired) electrons. The molecule has 1 saturated heterocycles. The summed E-state index contributed by atoms with van der Waals surface area (Å²) in [5.74, 6) is -0.649. The van der Waals surface area contributed by atoms with E-state index in [0.717, 1.165) is 32.2 Å². The fraction of sp³-hybridized carbons (Fsp3) is 0.556. The average Bonchev–Trinajstić information content (AvgIpc) is 2.56. The molecule has 2 amide bonds. The number of piperidine rings is 1. The van der Waals surface area contributed by atoms with E-state index in [1.54, 1.807) is 18.2 Å². The lowest BCUT2D eigenvalue weighted by molar-refractivity contribution is -0.139. The summed E-state index contributed by atoms with van der Waals surface area (Å²) in [6, 6.07) is 6.78. The van der Waals surface area contributed by atoms with Crippen molar-refractivity contribution in [3.63, 3.8) is 0 Å². The molecule has 0 aromatic heterocycles. The zero-order chi connectivity index (χ0) is 16.7. The summed E-state index contributed by atoms with van der Waals surface area (Å²) in [4.78, 5) is 26.0. The van der Waals surface area contributed by atoms with Crippen LogP contribution in [0.15, 0.2) is 24.3 Å². The molecule has 4 nitrogen and oxygen atoms in total. The first-order valence-electron chi connectivity index (χ1n) is 8.41. The standard InChI is InChI=1S/C18H25FN2O2/c1-2-15-8-5-6-12-21(15)18(23)13-17(22)20-11-10-14-7-3-4-9-16(14)19/h3-4,7,9,15H,2,5-6,8,10-13H2,1H3,(H,20,22). The molecule has 1 aliphatic rings. The van der Waals surface area contributed by atoms with E-state index in [1.807, 2.05) is 4.90 Å². The number of nitrogens with zero attached hydrogens (tertiary/aromatic N) is 1. The van der Waals surface area contributed by atoms with E-state index in [4.69, 9.17) is 0 Å². The molecule has 126 valence electrons. The van der Waals surface area contributed by atoms with Crippen molar-refractivity contribution in [3.05, 3.63) is 35.6 Å². The van der Waals surface area contributed by atoms with E-state index in [0.29, 0.717) is 18.5 Å². The summed E-state index contributed by atoms with van der Waals surface area (Å²) >= 11 is 0. The Balaban J connectivity index is 1.76. The van der Waals surface area contributed by atoms with Crippen molar-refractivity contribution in [2.24, 2.45) is 0 Å².